The van der Waals surface area contributed by atoms with E-state index in [4.69, 9.17) is 4.74 Å². The van der Waals surface area contributed by atoms with Gasteiger partial charge in [0.05, 0.1) is 12.7 Å². The molecule has 3 heteroatoms. The van der Waals surface area contributed by atoms with Gasteiger partial charge in [-0.25, -0.2) is 0 Å². The topological polar surface area (TPSA) is 32.7 Å². The van der Waals surface area contributed by atoms with Gasteiger partial charge in [-0.1, -0.05) is 60.2 Å². The number of hydrogen-bond donors (Lipinski definition) is 1. The second kappa shape index (κ2) is 8.28. The average Bonchev–Trinajstić information content (AvgIpc) is 2.93. The number of aryl methyl sites for hydroxylation is 1. The monoisotopic (exact) mass is 365 g/mol. The van der Waals surface area contributed by atoms with E-state index in [9.17, 15) is 5.11 Å². The summed E-state index contributed by atoms with van der Waals surface area (Å²) in [6.45, 7) is 2.96. The van der Waals surface area contributed by atoms with Crippen LogP contribution in [0.1, 0.15) is 29.5 Å². The first-order valence-corrected chi connectivity index (χ1v) is 9.69. The molecule has 0 radical (unpaired) electrons. The van der Waals surface area contributed by atoms with Crippen molar-refractivity contribution >= 4 is 5.76 Å². The Labute approximate surface area is 163 Å². The first-order chi connectivity index (χ1) is 12.9. The van der Waals surface area contributed by atoms with Crippen LogP contribution < -0.4 is 0 Å². The highest BCUT2D eigenvalue weighted by molar-refractivity contribution is 5.66. The lowest BCUT2D eigenvalue weighted by Gasteiger charge is -2.34. The molecule has 0 saturated heterocycles. The van der Waals surface area contributed by atoms with Crippen molar-refractivity contribution in [3.8, 4) is 0 Å². The fraction of sp³-hybridized carbons (Fsp3) is 0.417. The fourth-order valence-electron chi connectivity index (χ4n) is 4.40. The molecule has 1 aliphatic carbocycles. The third-order valence-corrected chi connectivity index (χ3v) is 5.60. The zero-order valence-electron chi connectivity index (χ0n) is 16.9. The highest BCUT2D eigenvalue weighted by Gasteiger charge is 2.47. The Hall–Kier alpha value is -2.10. The van der Waals surface area contributed by atoms with Crippen molar-refractivity contribution in [1.29, 1.82) is 0 Å². The summed E-state index contributed by atoms with van der Waals surface area (Å²) < 4.78 is 5.84. The van der Waals surface area contributed by atoms with Crippen molar-refractivity contribution in [2.75, 3.05) is 27.7 Å². The number of nitrogens with zero attached hydrogens (tertiary/aromatic N) is 1. The molecular weight excluding hydrogens is 334 g/mol. The van der Waals surface area contributed by atoms with Gasteiger partial charge in [-0.05, 0) is 39.4 Å². The van der Waals surface area contributed by atoms with E-state index in [1.54, 1.807) is 7.11 Å². The smallest absolute Gasteiger partial charge is 0.128 e. The molecule has 0 amide bonds. The minimum absolute atomic E-state index is 0.178. The van der Waals surface area contributed by atoms with Crippen LogP contribution in [-0.4, -0.2) is 43.4 Å². The molecule has 0 heterocycles. The lowest BCUT2D eigenvalue weighted by molar-refractivity contribution is 0.0239. The molecule has 1 N–H and O–H groups in total. The van der Waals surface area contributed by atoms with Gasteiger partial charge >= 0.3 is 0 Å². The lowest BCUT2D eigenvalue weighted by atomic mass is 9.80. The van der Waals surface area contributed by atoms with Gasteiger partial charge in [-0.3, -0.25) is 0 Å². The number of aliphatic hydroxyl groups is 1. The molecule has 0 aliphatic heterocycles. The van der Waals surface area contributed by atoms with E-state index < -0.39 is 5.60 Å². The van der Waals surface area contributed by atoms with Gasteiger partial charge in [0, 0.05) is 30.0 Å². The van der Waals surface area contributed by atoms with Gasteiger partial charge in [-0.2, -0.15) is 0 Å². The molecule has 1 aliphatic rings. The highest BCUT2D eigenvalue weighted by atomic mass is 16.5. The van der Waals surface area contributed by atoms with E-state index in [0.29, 0.717) is 6.42 Å². The maximum atomic E-state index is 12.0. The molecule has 27 heavy (non-hydrogen) atoms. The number of ether oxygens (including phenoxy) is 1. The molecule has 1 saturated carbocycles. The Balaban J connectivity index is 2.07. The summed E-state index contributed by atoms with van der Waals surface area (Å²) in [5.41, 5.74) is 3.55. The predicted octanol–water partition coefficient (Wildman–Crippen LogP) is 4.30. The average molecular weight is 366 g/mol. The summed E-state index contributed by atoms with van der Waals surface area (Å²) in [6.07, 6.45) is 2.44. The molecule has 0 aromatic heterocycles. The summed E-state index contributed by atoms with van der Waals surface area (Å²) in [4.78, 5) is 2.17. The van der Waals surface area contributed by atoms with E-state index in [1.807, 2.05) is 18.2 Å². The number of hydrogen-bond acceptors (Lipinski definition) is 3. The Morgan fingerprint density at radius 1 is 1.15 bits per heavy atom. The van der Waals surface area contributed by atoms with Crippen molar-refractivity contribution in [2.45, 2.75) is 31.8 Å². The molecule has 3 nitrogen and oxygen atoms in total. The van der Waals surface area contributed by atoms with E-state index in [1.165, 1.54) is 11.1 Å². The standard InChI is InChI=1S/C24H31NO2/c1-18-9-8-10-19(15-18)16-24(26)21(17-25(2)3)13-14-22(24)23(27-4)20-11-6-5-7-12-20/h5-12,15,21,26H,13-14,16-17H2,1-4H3. The first-order valence-electron chi connectivity index (χ1n) is 9.69. The third-order valence-electron chi connectivity index (χ3n) is 5.60. The fourth-order valence-corrected chi connectivity index (χ4v) is 4.40. The van der Waals surface area contributed by atoms with Crippen LogP contribution in [0.15, 0.2) is 60.2 Å². The Kier molecular flexibility index (Phi) is 6.03. The number of rotatable bonds is 6. The van der Waals surface area contributed by atoms with Crippen LogP contribution in [0.4, 0.5) is 0 Å². The zero-order chi connectivity index (χ0) is 19.4. The minimum Gasteiger partial charge on any atom is -0.496 e. The summed E-state index contributed by atoms with van der Waals surface area (Å²) in [7, 11) is 5.86. The summed E-state index contributed by atoms with van der Waals surface area (Å²) in [6, 6.07) is 18.6. The van der Waals surface area contributed by atoms with Gasteiger partial charge < -0.3 is 14.7 Å². The van der Waals surface area contributed by atoms with E-state index in [2.05, 4.69) is 62.3 Å². The van der Waals surface area contributed by atoms with Crippen LogP contribution in [0, 0.1) is 12.8 Å². The quantitative estimate of drug-likeness (QED) is 0.775. The van der Waals surface area contributed by atoms with Gasteiger partial charge in [0.1, 0.15) is 5.76 Å². The normalized spacial score (nSPS) is 24.3. The van der Waals surface area contributed by atoms with Crippen molar-refractivity contribution in [1.82, 2.24) is 4.90 Å². The van der Waals surface area contributed by atoms with Crippen LogP contribution in [0.3, 0.4) is 0 Å². The lowest BCUT2D eigenvalue weighted by Crippen LogP contribution is -2.42. The molecule has 2 aromatic carbocycles. The SMILES string of the molecule is COC(=C1CCC(CN(C)C)C1(O)Cc1cccc(C)c1)c1ccccc1. The predicted molar refractivity (Wildman–Crippen MR) is 111 cm³/mol. The number of methoxy groups -OCH3 is 1. The van der Waals surface area contributed by atoms with Crippen molar-refractivity contribution in [2.24, 2.45) is 5.92 Å². The molecule has 0 spiro atoms. The van der Waals surface area contributed by atoms with Crippen molar-refractivity contribution < 1.29 is 9.84 Å². The first kappa shape index (κ1) is 19.7. The summed E-state index contributed by atoms with van der Waals surface area (Å²) in [5, 5.41) is 12.0. The summed E-state index contributed by atoms with van der Waals surface area (Å²) >= 11 is 0. The molecule has 3 rings (SSSR count). The van der Waals surface area contributed by atoms with Crippen LogP contribution >= 0.6 is 0 Å². The molecule has 2 atom stereocenters. The molecule has 2 aromatic rings. The maximum Gasteiger partial charge on any atom is 0.128 e. The summed E-state index contributed by atoms with van der Waals surface area (Å²) in [5.74, 6) is 1.00. The van der Waals surface area contributed by atoms with Gasteiger partial charge in [0.15, 0.2) is 0 Å². The van der Waals surface area contributed by atoms with E-state index >= 15 is 0 Å². The Morgan fingerprint density at radius 3 is 2.52 bits per heavy atom. The maximum absolute atomic E-state index is 12.0. The Morgan fingerprint density at radius 2 is 1.89 bits per heavy atom. The number of benzene rings is 2. The molecule has 144 valence electrons. The van der Waals surface area contributed by atoms with Crippen LogP contribution in [-0.2, 0) is 11.2 Å². The van der Waals surface area contributed by atoms with Crippen LogP contribution in [0.25, 0.3) is 5.76 Å². The van der Waals surface area contributed by atoms with Crippen LogP contribution in [0.2, 0.25) is 0 Å². The van der Waals surface area contributed by atoms with Gasteiger partial charge in [-0.15, -0.1) is 0 Å². The van der Waals surface area contributed by atoms with Gasteiger partial charge in [0.2, 0.25) is 0 Å². The van der Waals surface area contributed by atoms with E-state index in [-0.39, 0.29) is 5.92 Å². The second-order valence-electron chi connectivity index (χ2n) is 7.97. The van der Waals surface area contributed by atoms with Crippen molar-refractivity contribution in [3.63, 3.8) is 0 Å². The van der Waals surface area contributed by atoms with Crippen LogP contribution in [0.5, 0.6) is 0 Å². The van der Waals surface area contributed by atoms with Crippen molar-refractivity contribution in [3.05, 3.63) is 76.9 Å². The highest BCUT2D eigenvalue weighted by Crippen LogP contribution is 2.46. The zero-order valence-corrected chi connectivity index (χ0v) is 16.9. The molecule has 0 bridgehead atoms. The Bertz CT molecular complexity index is 797. The van der Waals surface area contributed by atoms with E-state index in [0.717, 1.165) is 36.3 Å². The minimum atomic E-state index is -0.904. The second-order valence-corrected chi connectivity index (χ2v) is 7.97. The molecule has 2 unspecified atom stereocenters. The largest absolute Gasteiger partial charge is 0.496 e. The van der Waals surface area contributed by atoms with Gasteiger partial charge in [0.25, 0.3) is 0 Å². The third kappa shape index (κ3) is 4.26. The molecular formula is C24H31NO2. The molecule has 1 fully saturated rings.